The Kier molecular flexibility index (Phi) is 9.22. The number of alkyl halides is 3. The molecule has 9 nitrogen and oxygen atoms in total. The van der Waals surface area contributed by atoms with Crippen molar-refractivity contribution in [1.82, 2.24) is 20.1 Å². The number of nitrogens with zero attached hydrogens (tertiary/aromatic N) is 3. The van der Waals surface area contributed by atoms with Gasteiger partial charge in [-0.25, -0.2) is 4.79 Å². The first-order valence-corrected chi connectivity index (χ1v) is 15.9. The van der Waals surface area contributed by atoms with E-state index in [4.69, 9.17) is 4.74 Å². The number of fused-ring (bicyclic) bond motifs is 1. The summed E-state index contributed by atoms with van der Waals surface area (Å²) in [6, 6.07) is 8.02. The molecule has 1 aliphatic carbocycles. The fourth-order valence-electron chi connectivity index (χ4n) is 4.56. The Bertz CT molecular complexity index is 1650. The minimum absolute atomic E-state index is 0.120. The summed E-state index contributed by atoms with van der Waals surface area (Å²) in [5.41, 5.74) is 0.527. The normalized spacial score (nSPS) is 13.4. The van der Waals surface area contributed by atoms with Crippen molar-refractivity contribution in [2.75, 3.05) is 11.9 Å². The van der Waals surface area contributed by atoms with E-state index in [-0.39, 0.29) is 35.7 Å². The van der Waals surface area contributed by atoms with E-state index in [9.17, 15) is 27.6 Å². The number of benzene rings is 1. The topological polar surface area (TPSA) is 115 Å². The minimum Gasteiger partial charge on any atom is -0.462 e. The summed E-state index contributed by atoms with van der Waals surface area (Å²) in [6.07, 6.45) is -2.12. The van der Waals surface area contributed by atoms with Gasteiger partial charge in [-0.15, -0.1) is 32.9 Å². The van der Waals surface area contributed by atoms with Crippen LogP contribution in [0.15, 0.2) is 46.9 Å². The molecule has 0 bridgehead atoms. The Morgan fingerprint density at radius 1 is 1.16 bits per heavy atom. The molecule has 5 rings (SSSR count). The molecule has 3 aromatic heterocycles. The van der Waals surface area contributed by atoms with Gasteiger partial charge in [-0.05, 0) is 68.3 Å². The Labute approximate surface area is 256 Å². The van der Waals surface area contributed by atoms with Gasteiger partial charge in [-0.2, -0.15) is 13.2 Å². The number of rotatable bonds is 10. The maximum atomic E-state index is 13.6. The molecule has 0 spiro atoms. The second-order valence-electron chi connectivity index (χ2n) is 9.47. The molecule has 15 heteroatoms. The molecule has 3 heterocycles. The van der Waals surface area contributed by atoms with Gasteiger partial charge in [0.15, 0.2) is 11.0 Å². The number of aromatic nitrogens is 3. The van der Waals surface area contributed by atoms with E-state index in [0.717, 1.165) is 53.6 Å². The number of ether oxygens (including phenoxy) is 1. The van der Waals surface area contributed by atoms with Gasteiger partial charge >= 0.3 is 12.1 Å². The van der Waals surface area contributed by atoms with Crippen molar-refractivity contribution >= 4 is 57.2 Å². The number of thiophene rings is 2. The van der Waals surface area contributed by atoms with Gasteiger partial charge in [0.25, 0.3) is 5.91 Å². The highest BCUT2D eigenvalue weighted by atomic mass is 32.2. The van der Waals surface area contributed by atoms with Crippen LogP contribution in [-0.2, 0) is 35.1 Å². The van der Waals surface area contributed by atoms with Crippen LogP contribution in [0.25, 0.3) is 5.69 Å². The van der Waals surface area contributed by atoms with Crippen LogP contribution in [0, 0.1) is 0 Å². The van der Waals surface area contributed by atoms with Gasteiger partial charge in [0.2, 0.25) is 5.91 Å². The molecule has 0 saturated heterocycles. The van der Waals surface area contributed by atoms with Crippen LogP contribution in [0.1, 0.15) is 62.1 Å². The fourth-order valence-corrected chi connectivity index (χ4v) is 7.37. The van der Waals surface area contributed by atoms with E-state index in [1.165, 1.54) is 39.4 Å². The number of aryl methyl sites for hydroxylation is 1. The van der Waals surface area contributed by atoms with Crippen LogP contribution in [0.3, 0.4) is 0 Å². The molecule has 4 aromatic rings. The number of amides is 2. The number of hydrogen-bond acceptors (Lipinski definition) is 9. The van der Waals surface area contributed by atoms with Crippen LogP contribution in [0.5, 0.6) is 0 Å². The molecule has 1 unspecified atom stereocenters. The second-order valence-corrected chi connectivity index (χ2v) is 12.8. The number of halogens is 3. The molecule has 2 N–H and O–H groups in total. The molecular formula is C28H26F3N5O4S3. The van der Waals surface area contributed by atoms with Crippen LogP contribution in [-0.4, -0.2) is 44.4 Å². The van der Waals surface area contributed by atoms with Crippen LogP contribution < -0.4 is 10.6 Å². The SMILES string of the molecule is CCOC(=O)c1c(NC(=O)C(C)Sc2nnc(CNC(=O)c3cccs3)n2-c2cccc(C(F)(F)F)c2)sc2c1CCC2. The Balaban J connectivity index is 1.40. The number of esters is 1. The zero-order valence-corrected chi connectivity index (χ0v) is 25.4. The number of anilines is 1. The zero-order chi connectivity index (χ0) is 30.7. The quantitative estimate of drug-likeness (QED) is 0.157. The lowest BCUT2D eigenvalue weighted by Crippen LogP contribution is -2.25. The molecule has 1 atom stereocenters. The van der Waals surface area contributed by atoms with Crippen molar-refractivity contribution in [3.05, 3.63) is 74.0 Å². The van der Waals surface area contributed by atoms with Gasteiger partial charge in [0.1, 0.15) is 5.00 Å². The number of carbonyl (C=O) groups is 3. The first kappa shape index (κ1) is 30.8. The van der Waals surface area contributed by atoms with Crippen LogP contribution in [0.4, 0.5) is 18.2 Å². The molecular weight excluding hydrogens is 624 g/mol. The van der Waals surface area contributed by atoms with Crippen LogP contribution in [0.2, 0.25) is 0 Å². The lowest BCUT2D eigenvalue weighted by molar-refractivity contribution is -0.137. The summed E-state index contributed by atoms with van der Waals surface area (Å²) in [5.74, 6) is -1.10. The van der Waals surface area contributed by atoms with Gasteiger partial charge in [0, 0.05) is 4.88 Å². The average Bonchev–Trinajstić information content (AvgIpc) is 3.76. The average molecular weight is 650 g/mol. The number of carbonyl (C=O) groups excluding carboxylic acids is 3. The molecule has 2 amide bonds. The third-order valence-corrected chi connectivity index (χ3v) is 9.69. The molecule has 0 aliphatic heterocycles. The van der Waals surface area contributed by atoms with E-state index in [2.05, 4.69) is 20.8 Å². The molecule has 226 valence electrons. The molecule has 1 aliphatic rings. The van der Waals surface area contributed by atoms with Gasteiger partial charge in [-0.1, -0.05) is 23.9 Å². The highest BCUT2D eigenvalue weighted by Crippen LogP contribution is 2.40. The van der Waals surface area contributed by atoms with E-state index in [1.54, 1.807) is 31.4 Å². The standard InChI is InChI=1S/C28H26F3N5O4S3/c1-3-40-26(39)22-18-9-5-10-19(18)43-25(22)33-23(37)15(2)42-27-35-34-21(14-32-24(38)20-11-6-12-41-20)36(27)17-8-4-7-16(13-17)28(29,30)31/h4,6-8,11-13,15H,3,5,9-10,14H2,1-2H3,(H,32,38)(H,33,37). The fraction of sp³-hybridized carbons (Fsp3) is 0.321. The summed E-state index contributed by atoms with van der Waals surface area (Å²) >= 11 is 3.58. The summed E-state index contributed by atoms with van der Waals surface area (Å²) in [5, 5.41) is 15.4. The monoisotopic (exact) mass is 649 g/mol. The van der Waals surface area contributed by atoms with Gasteiger partial charge in [0.05, 0.1) is 40.1 Å². The van der Waals surface area contributed by atoms with Crippen molar-refractivity contribution in [3.63, 3.8) is 0 Å². The minimum atomic E-state index is -4.59. The number of hydrogen-bond donors (Lipinski definition) is 2. The Hall–Kier alpha value is -3.69. The van der Waals surface area contributed by atoms with Gasteiger partial charge in [-0.3, -0.25) is 14.2 Å². The number of thioether (sulfide) groups is 1. The van der Waals surface area contributed by atoms with E-state index >= 15 is 0 Å². The maximum Gasteiger partial charge on any atom is 0.416 e. The highest BCUT2D eigenvalue weighted by molar-refractivity contribution is 8.00. The Morgan fingerprint density at radius 2 is 1.98 bits per heavy atom. The molecule has 0 saturated carbocycles. The second kappa shape index (κ2) is 12.9. The molecule has 0 fully saturated rings. The highest BCUT2D eigenvalue weighted by Gasteiger charge is 2.32. The first-order valence-electron chi connectivity index (χ1n) is 13.3. The summed E-state index contributed by atoms with van der Waals surface area (Å²) in [7, 11) is 0. The van der Waals surface area contributed by atoms with Crippen molar-refractivity contribution in [1.29, 1.82) is 0 Å². The third kappa shape index (κ3) is 6.78. The molecule has 1 aromatic carbocycles. The van der Waals surface area contributed by atoms with Crippen molar-refractivity contribution in [2.24, 2.45) is 0 Å². The van der Waals surface area contributed by atoms with Crippen molar-refractivity contribution in [2.45, 2.75) is 56.2 Å². The van der Waals surface area contributed by atoms with Crippen molar-refractivity contribution in [3.8, 4) is 5.69 Å². The van der Waals surface area contributed by atoms with E-state index in [1.807, 2.05) is 0 Å². The van der Waals surface area contributed by atoms with E-state index in [0.29, 0.717) is 15.4 Å². The van der Waals surface area contributed by atoms with E-state index < -0.39 is 28.9 Å². The third-order valence-electron chi connectivity index (χ3n) is 6.57. The predicted octanol–water partition coefficient (Wildman–Crippen LogP) is 6.12. The Morgan fingerprint density at radius 3 is 2.70 bits per heavy atom. The maximum absolute atomic E-state index is 13.6. The predicted molar refractivity (Wildman–Crippen MR) is 158 cm³/mol. The summed E-state index contributed by atoms with van der Waals surface area (Å²) in [4.78, 5) is 40.1. The largest absolute Gasteiger partial charge is 0.462 e. The molecule has 0 radical (unpaired) electrons. The van der Waals surface area contributed by atoms with Crippen molar-refractivity contribution < 1.29 is 32.3 Å². The molecule has 43 heavy (non-hydrogen) atoms. The smallest absolute Gasteiger partial charge is 0.416 e. The number of nitrogens with one attached hydrogen (secondary N) is 2. The summed E-state index contributed by atoms with van der Waals surface area (Å²) in [6.45, 7) is 3.41. The zero-order valence-electron chi connectivity index (χ0n) is 23.0. The first-order chi connectivity index (χ1) is 20.6. The summed E-state index contributed by atoms with van der Waals surface area (Å²) < 4.78 is 47.3. The lowest BCUT2D eigenvalue weighted by atomic mass is 10.1. The lowest BCUT2D eigenvalue weighted by Gasteiger charge is -2.15. The van der Waals surface area contributed by atoms with Crippen LogP contribution >= 0.6 is 34.4 Å². The van der Waals surface area contributed by atoms with Gasteiger partial charge < -0.3 is 15.4 Å².